The van der Waals surface area contributed by atoms with E-state index in [1.807, 2.05) is 42.5 Å². The van der Waals surface area contributed by atoms with Crippen LogP contribution in [0.4, 0.5) is 0 Å². The molecule has 2 aromatic carbocycles. The minimum Gasteiger partial charge on any atom is -0.497 e. The van der Waals surface area contributed by atoms with E-state index in [4.69, 9.17) is 10.00 Å². The molecule has 0 atom stereocenters. The fourth-order valence-electron chi connectivity index (χ4n) is 1.88. The Morgan fingerprint density at radius 1 is 1.05 bits per heavy atom. The van der Waals surface area contributed by atoms with Gasteiger partial charge in [0.1, 0.15) is 5.75 Å². The highest BCUT2D eigenvalue weighted by Gasteiger charge is 1.97. The van der Waals surface area contributed by atoms with Gasteiger partial charge in [-0.15, -0.1) is 12.4 Å². The van der Waals surface area contributed by atoms with Gasteiger partial charge in [0.15, 0.2) is 0 Å². The summed E-state index contributed by atoms with van der Waals surface area (Å²) in [5.74, 6) is 0.866. The molecular formula is C16H17ClN2O. The van der Waals surface area contributed by atoms with Crippen molar-refractivity contribution in [1.29, 1.82) is 5.26 Å². The molecule has 3 nitrogen and oxygen atoms in total. The summed E-state index contributed by atoms with van der Waals surface area (Å²) in [5.41, 5.74) is 2.98. The number of hydrogen-bond acceptors (Lipinski definition) is 3. The number of nitrogens with one attached hydrogen (secondary N) is 1. The summed E-state index contributed by atoms with van der Waals surface area (Å²) in [7, 11) is 1.67. The zero-order chi connectivity index (χ0) is 13.5. The van der Waals surface area contributed by atoms with E-state index in [1.54, 1.807) is 7.11 Å². The highest BCUT2D eigenvalue weighted by Crippen LogP contribution is 2.12. The third-order valence-corrected chi connectivity index (χ3v) is 2.85. The minimum absolute atomic E-state index is 0. The van der Waals surface area contributed by atoms with Crippen LogP contribution >= 0.6 is 12.4 Å². The van der Waals surface area contributed by atoms with Crippen LogP contribution in [0, 0.1) is 11.3 Å². The number of halogens is 1. The first-order valence-electron chi connectivity index (χ1n) is 6.14. The largest absolute Gasteiger partial charge is 0.497 e. The molecule has 0 radical (unpaired) electrons. The topological polar surface area (TPSA) is 45.0 Å². The molecule has 4 heteroatoms. The maximum Gasteiger partial charge on any atom is 0.119 e. The molecule has 0 spiro atoms. The number of nitrogens with zero attached hydrogens (tertiary/aromatic N) is 1. The standard InChI is InChI=1S/C16H16N2O.ClH/c1-19-16-7-3-6-15(9-16)12-18-11-14-5-2-4-13(8-14)10-17;/h2-9,18H,11-12H2,1H3;1H. The fourth-order valence-corrected chi connectivity index (χ4v) is 1.88. The van der Waals surface area contributed by atoms with Crippen LogP contribution in [-0.2, 0) is 13.1 Å². The second-order valence-corrected chi connectivity index (χ2v) is 4.27. The van der Waals surface area contributed by atoms with Gasteiger partial charge in [-0.3, -0.25) is 0 Å². The van der Waals surface area contributed by atoms with Crippen LogP contribution in [-0.4, -0.2) is 7.11 Å². The lowest BCUT2D eigenvalue weighted by Gasteiger charge is -2.07. The first kappa shape index (κ1) is 16.0. The van der Waals surface area contributed by atoms with Crippen molar-refractivity contribution in [3.8, 4) is 11.8 Å². The SMILES string of the molecule is COc1cccc(CNCc2cccc(C#N)c2)c1.Cl. The molecule has 0 aliphatic heterocycles. The van der Waals surface area contributed by atoms with Crippen LogP contribution in [0.3, 0.4) is 0 Å². The predicted molar refractivity (Wildman–Crippen MR) is 81.9 cm³/mol. The van der Waals surface area contributed by atoms with Crippen molar-refractivity contribution in [3.05, 3.63) is 65.2 Å². The Kier molecular flexibility index (Phi) is 6.58. The second kappa shape index (κ2) is 8.21. The molecule has 2 aromatic rings. The number of rotatable bonds is 5. The molecule has 1 N–H and O–H groups in total. The van der Waals surface area contributed by atoms with Gasteiger partial charge in [0.05, 0.1) is 18.7 Å². The summed E-state index contributed by atoms with van der Waals surface area (Å²) in [6.45, 7) is 1.51. The Morgan fingerprint density at radius 2 is 1.70 bits per heavy atom. The maximum absolute atomic E-state index is 8.84. The number of nitriles is 1. The summed E-state index contributed by atoms with van der Waals surface area (Å²) in [6.07, 6.45) is 0. The average molecular weight is 289 g/mol. The van der Waals surface area contributed by atoms with Crippen LogP contribution < -0.4 is 10.1 Å². The lowest BCUT2D eigenvalue weighted by atomic mass is 10.1. The third kappa shape index (κ3) is 4.58. The van der Waals surface area contributed by atoms with Crippen molar-refractivity contribution in [1.82, 2.24) is 5.32 Å². The molecule has 0 bridgehead atoms. The molecule has 0 aliphatic rings. The number of benzene rings is 2. The van der Waals surface area contributed by atoms with E-state index in [0.717, 1.165) is 24.4 Å². The number of hydrogen-bond donors (Lipinski definition) is 1. The lowest BCUT2D eigenvalue weighted by molar-refractivity contribution is 0.414. The normalized spacial score (nSPS) is 9.40. The predicted octanol–water partition coefficient (Wildman–Crippen LogP) is 3.28. The smallest absolute Gasteiger partial charge is 0.119 e. The van der Waals surface area contributed by atoms with Crippen LogP contribution in [0.2, 0.25) is 0 Å². The van der Waals surface area contributed by atoms with Crippen LogP contribution in [0.25, 0.3) is 0 Å². The van der Waals surface area contributed by atoms with E-state index in [-0.39, 0.29) is 12.4 Å². The monoisotopic (exact) mass is 288 g/mol. The summed E-state index contributed by atoms with van der Waals surface area (Å²) in [4.78, 5) is 0. The lowest BCUT2D eigenvalue weighted by Crippen LogP contribution is -2.12. The summed E-state index contributed by atoms with van der Waals surface area (Å²) in [5, 5.41) is 12.2. The summed E-state index contributed by atoms with van der Waals surface area (Å²) in [6, 6.07) is 17.8. The molecule has 0 amide bonds. The Balaban J connectivity index is 0.00000200. The fraction of sp³-hybridized carbons (Fsp3) is 0.188. The molecule has 0 saturated carbocycles. The molecular weight excluding hydrogens is 272 g/mol. The van der Waals surface area contributed by atoms with E-state index in [9.17, 15) is 0 Å². The first-order valence-corrected chi connectivity index (χ1v) is 6.14. The van der Waals surface area contributed by atoms with Crippen molar-refractivity contribution >= 4 is 12.4 Å². The highest BCUT2D eigenvalue weighted by molar-refractivity contribution is 5.85. The van der Waals surface area contributed by atoms with Gasteiger partial charge in [-0.25, -0.2) is 0 Å². The highest BCUT2D eigenvalue weighted by atomic mass is 35.5. The van der Waals surface area contributed by atoms with E-state index >= 15 is 0 Å². The second-order valence-electron chi connectivity index (χ2n) is 4.27. The quantitative estimate of drug-likeness (QED) is 0.918. The Labute approximate surface area is 125 Å². The van der Waals surface area contributed by atoms with Crippen LogP contribution in [0.5, 0.6) is 5.75 Å². The van der Waals surface area contributed by atoms with Crippen molar-refractivity contribution < 1.29 is 4.74 Å². The van der Waals surface area contributed by atoms with E-state index in [0.29, 0.717) is 5.56 Å². The van der Waals surface area contributed by atoms with Gasteiger partial charge >= 0.3 is 0 Å². The molecule has 0 aliphatic carbocycles. The van der Waals surface area contributed by atoms with Gasteiger partial charge in [-0.2, -0.15) is 5.26 Å². The average Bonchev–Trinajstić information content (AvgIpc) is 2.48. The van der Waals surface area contributed by atoms with Crippen molar-refractivity contribution in [2.45, 2.75) is 13.1 Å². The van der Waals surface area contributed by atoms with Gasteiger partial charge in [-0.1, -0.05) is 24.3 Å². The number of ether oxygens (including phenoxy) is 1. The van der Waals surface area contributed by atoms with Gasteiger partial charge in [0.2, 0.25) is 0 Å². The van der Waals surface area contributed by atoms with Gasteiger partial charge in [0.25, 0.3) is 0 Å². The summed E-state index contributed by atoms with van der Waals surface area (Å²) >= 11 is 0. The maximum atomic E-state index is 8.84. The number of methoxy groups -OCH3 is 1. The molecule has 0 heterocycles. The Bertz CT molecular complexity index is 593. The van der Waals surface area contributed by atoms with E-state index in [2.05, 4.69) is 17.5 Å². The van der Waals surface area contributed by atoms with E-state index < -0.39 is 0 Å². The third-order valence-electron chi connectivity index (χ3n) is 2.85. The van der Waals surface area contributed by atoms with Crippen LogP contribution in [0.15, 0.2) is 48.5 Å². The minimum atomic E-state index is 0. The van der Waals surface area contributed by atoms with Crippen molar-refractivity contribution in [3.63, 3.8) is 0 Å². The van der Waals surface area contributed by atoms with Gasteiger partial charge in [-0.05, 0) is 35.4 Å². The molecule has 0 aromatic heterocycles. The molecule has 0 unspecified atom stereocenters. The molecule has 0 saturated heterocycles. The zero-order valence-electron chi connectivity index (χ0n) is 11.3. The Morgan fingerprint density at radius 3 is 2.35 bits per heavy atom. The molecule has 20 heavy (non-hydrogen) atoms. The van der Waals surface area contributed by atoms with Crippen molar-refractivity contribution in [2.24, 2.45) is 0 Å². The van der Waals surface area contributed by atoms with Crippen LogP contribution in [0.1, 0.15) is 16.7 Å². The summed E-state index contributed by atoms with van der Waals surface area (Å²) < 4.78 is 5.19. The Hall–Kier alpha value is -2.02. The van der Waals surface area contributed by atoms with E-state index in [1.165, 1.54) is 5.56 Å². The molecule has 104 valence electrons. The van der Waals surface area contributed by atoms with Gasteiger partial charge < -0.3 is 10.1 Å². The van der Waals surface area contributed by atoms with Crippen molar-refractivity contribution in [2.75, 3.05) is 7.11 Å². The molecule has 2 rings (SSSR count). The first-order chi connectivity index (χ1) is 9.31. The zero-order valence-corrected chi connectivity index (χ0v) is 12.1. The van der Waals surface area contributed by atoms with Gasteiger partial charge in [0, 0.05) is 13.1 Å². The molecule has 0 fully saturated rings.